The highest BCUT2D eigenvalue weighted by molar-refractivity contribution is 6.30. The molecular weight excluding hydrogens is 212 g/mol. The first-order chi connectivity index (χ1) is 7.22. The van der Waals surface area contributed by atoms with Crippen molar-refractivity contribution >= 4 is 11.6 Å². The minimum Gasteiger partial charge on any atom is -0.496 e. The van der Waals surface area contributed by atoms with E-state index in [0.29, 0.717) is 5.02 Å². The summed E-state index contributed by atoms with van der Waals surface area (Å²) < 4.78 is 5.26. The lowest BCUT2D eigenvalue weighted by atomic mass is 9.94. The van der Waals surface area contributed by atoms with Crippen LogP contribution in [0.3, 0.4) is 0 Å². The summed E-state index contributed by atoms with van der Waals surface area (Å²) in [5, 5.41) is 10.0. The van der Waals surface area contributed by atoms with Gasteiger partial charge in [-0.05, 0) is 24.6 Å². The van der Waals surface area contributed by atoms with Crippen LogP contribution in [0.15, 0.2) is 18.2 Å². The van der Waals surface area contributed by atoms with Gasteiger partial charge in [-0.3, -0.25) is 0 Å². The Kier molecular flexibility index (Phi) is 4.92. The number of halogens is 1. The highest BCUT2D eigenvalue weighted by Crippen LogP contribution is 2.31. The molecule has 0 saturated carbocycles. The van der Waals surface area contributed by atoms with Crippen molar-refractivity contribution in [3.8, 4) is 5.75 Å². The standard InChI is InChI=1S/C12H17ClO2/c1-3-4-9(8-14)11-7-10(13)5-6-12(11)15-2/h5-7,9,14H,3-4,8H2,1-2H3. The minimum absolute atomic E-state index is 0.114. The summed E-state index contributed by atoms with van der Waals surface area (Å²) in [6, 6.07) is 5.51. The van der Waals surface area contributed by atoms with E-state index in [1.165, 1.54) is 0 Å². The number of rotatable bonds is 5. The lowest BCUT2D eigenvalue weighted by molar-refractivity contribution is 0.255. The van der Waals surface area contributed by atoms with Gasteiger partial charge in [0.25, 0.3) is 0 Å². The molecular formula is C12H17ClO2. The molecule has 84 valence electrons. The fourth-order valence-corrected chi connectivity index (χ4v) is 1.90. The zero-order valence-electron chi connectivity index (χ0n) is 9.16. The highest BCUT2D eigenvalue weighted by Gasteiger charge is 2.14. The van der Waals surface area contributed by atoms with Crippen molar-refractivity contribution in [2.45, 2.75) is 25.7 Å². The van der Waals surface area contributed by atoms with Gasteiger partial charge >= 0.3 is 0 Å². The van der Waals surface area contributed by atoms with Crippen molar-refractivity contribution in [3.63, 3.8) is 0 Å². The zero-order chi connectivity index (χ0) is 11.3. The van der Waals surface area contributed by atoms with Crippen LogP contribution >= 0.6 is 11.6 Å². The zero-order valence-corrected chi connectivity index (χ0v) is 9.92. The number of ether oxygens (including phenoxy) is 1. The second-order valence-corrected chi connectivity index (χ2v) is 3.99. The van der Waals surface area contributed by atoms with Gasteiger partial charge in [0.2, 0.25) is 0 Å². The van der Waals surface area contributed by atoms with Gasteiger partial charge in [0.1, 0.15) is 5.75 Å². The van der Waals surface area contributed by atoms with Crippen molar-refractivity contribution < 1.29 is 9.84 Å². The molecule has 1 N–H and O–H groups in total. The van der Waals surface area contributed by atoms with Crippen LogP contribution in [0.25, 0.3) is 0 Å². The minimum atomic E-state index is 0.114. The van der Waals surface area contributed by atoms with Crippen LogP contribution in [-0.2, 0) is 0 Å². The Bertz CT molecular complexity index is 312. The van der Waals surface area contributed by atoms with Gasteiger partial charge in [-0.25, -0.2) is 0 Å². The van der Waals surface area contributed by atoms with Crippen LogP contribution in [0.4, 0.5) is 0 Å². The normalized spacial score (nSPS) is 12.5. The molecule has 2 nitrogen and oxygen atoms in total. The molecule has 0 heterocycles. The van der Waals surface area contributed by atoms with E-state index in [-0.39, 0.29) is 12.5 Å². The number of aliphatic hydroxyl groups is 1. The van der Waals surface area contributed by atoms with Crippen molar-refractivity contribution in [2.75, 3.05) is 13.7 Å². The molecule has 0 aliphatic rings. The number of methoxy groups -OCH3 is 1. The van der Waals surface area contributed by atoms with Gasteiger partial charge in [0.05, 0.1) is 13.7 Å². The van der Waals surface area contributed by atoms with E-state index in [1.54, 1.807) is 13.2 Å². The molecule has 0 radical (unpaired) electrons. The molecule has 0 amide bonds. The van der Waals surface area contributed by atoms with E-state index in [9.17, 15) is 5.11 Å². The van der Waals surface area contributed by atoms with E-state index >= 15 is 0 Å². The van der Waals surface area contributed by atoms with Crippen LogP contribution in [0.2, 0.25) is 5.02 Å². The molecule has 0 fully saturated rings. The van der Waals surface area contributed by atoms with Gasteiger partial charge in [0, 0.05) is 16.5 Å². The van der Waals surface area contributed by atoms with Crippen molar-refractivity contribution in [2.24, 2.45) is 0 Å². The number of benzene rings is 1. The van der Waals surface area contributed by atoms with Crippen LogP contribution < -0.4 is 4.74 Å². The number of hydrogen-bond donors (Lipinski definition) is 1. The Morgan fingerprint density at radius 1 is 1.47 bits per heavy atom. The summed E-state index contributed by atoms with van der Waals surface area (Å²) in [4.78, 5) is 0. The van der Waals surface area contributed by atoms with Crippen molar-refractivity contribution in [1.82, 2.24) is 0 Å². The topological polar surface area (TPSA) is 29.5 Å². The lowest BCUT2D eigenvalue weighted by Gasteiger charge is -2.17. The molecule has 1 aromatic rings. The molecule has 0 aliphatic heterocycles. The maximum atomic E-state index is 9.32. The van der Waals surface area contributed by atoms with Gasteiger partial charge < -0.3 is 9.84 Å². The van der Waals surface area contributed by atoms with E-state index in [1.807, 2.05) is 12.1 Å². The molecule has 3 heteroatoms. The second kappa shape index (κ2) is 5.99. The Morgan fingerprint density at radius 2 is 2.20 bits per heavy atom. The maximum absolute atomic E-state index is 9.32. The van der Waals surface area contributed by atoms with Gasteiger partial charge in [0.15, 0.2) is 0 Å². The molecule has 0 saturated heterocycles. The number of aliphatic hydroxyl groups excluding tert-OH is 1. The summed E-state index contributed by atoms with van der Waals surface area (Å²) in [6.45, 7) is 2.23. The predicted octanol–water partition coefficient (Wildman–Crippen LogP) is 3.22. The Morgan fingerprint density at radius 3 is 2.73 bits per heavy atom. The highest BCUT2D eigenvalue weighted by atomic mass is 35.5. The summed E-state index contributed by atoms with van der Waals surface area (Å²) in [5.74, 6) is 0.913. The molecule has 0 spiro atoms. The average Bonchev–Trinajstić information content (AvgIpc) is 2.26. The smallest absolute Gasteiger partial charge is 0.122 e. The molecule has 1 aromatic carbocycles. The van der Waals surface area contributed by atoms with Crippen LogP contribution in [0.5, 0.6) is 5.75 Å². The van der Waals surface area contributed by atoms with E-state index < -0.39 is 0 Å². The number of hydrogen-bond acceptors (Lipinski definition) is 2. The molecule has 1 unspecified atom stereocenters. The molecule has 15 heavy (non-hydrogen) atoms. The average molecular weight is 229 g/mol. The summed E-state index contributed by atoms with van der Waals surface area (Å²) in [6.07, 6.45) is 1.97. The van der Waals surface area contributed by atoms with Crippen LogP contribution in [0, 0.1) is 0 Å². The van der Waals surface area contributed by atoms with E-state index in [0.717, 1.165) is 24.2 Å². The molecule has 1 rings (SSSR count). The fourth-order valence-electron chi connectivity index (χ4n) is 1.72. The summed E-state index contributed by atoms with van der Waals surface area (Å²) in [5.41, 5.74) is 0.995. The van der Waals surface area contributed by atoms with Gasteiger partial charge in [-0.1, -0.05) is 24.9 Å². The maximum Gasteiger partial charge on any atom is 0.122 e. The van der Waals surface area contributed by atoms with Gasteiger partial charge in [-0.2, -0.15) is 0 Å². The Hall–Kier alpha value is -0.730. The van der Waals surface area contributed by atoms with Gasteiger partial charge in [-0.15, -0.1) is 0 Å². The first-order valence-electron chi connectivity index (χ1n) is 5.17. The van der Waals surface area contributed by atoms with E-state index in [4.69, 9.17) is 16.3 Å². The molecule has 1 atom stereocenters. The molecule has 0 bridgehead atoms. The first-order valence-corrected chi connectivity index (χ1v) is 5.55. The Labute approximate surface area is 95.8 Å². The summed E-state index contributed by atoms with van der Waals surface area (Å²) in [7, 11) is 1.63. The molecule has 0 aromatic heterocycles. The Balaban J connectivity index is 3.02. The largest absolute Gasteiger partial charge is 0.496 e. The third-order valence-electron chi connectivity index (χ3n) is 2.49. The monoisotopic (exact) mass is 228 g/mol. The van der Waals surface area contributed by atoms with Crippen LogP contribution in [0.1, 0.15) is 31.2 Å². The van der Waals surface area contributed by atoms with Crippen LogP contribution in [-0.4, -0.2) is 18.8 Å². The molecule has 0 aliphatic carbocycles. The van der Waals surface area contributed by atoms with Crippen molar-refractivity contribution in [3.05, 3.63) is 28.8 Å². The second-order valence-electron chi connectivity index (χ2n) is 3.55. The fraction of sp³-hybridized carbons (Fsp3) is 0.500. The summed E-state index contributed by atoms with van der Waals surface area (Å²) >= 11 is 5.94. The SMILES string of the molecule is CCCC(CO)c1cc(Cl)ccc1OC. The third-order valence-corrected chi connectivity index (χ3v) is 2.72. The van der Waals surface area contributed by atoms with E-state index in [2.05, 4.69) is 6.92 Å². The predicted molar refractivity (Wildman–Crippen MR) is 62.7 cm³/mol. The quantitative estimate of drug-likeness (QED) is 0.839. The first kappa shape index (κ1) is 12.3. The van der Waals surface area contributed by atoms with Crippen molar-refractivity contribution in [1.29, 1.82) is 0 Å². The lowest BCUT2D eigenvalue weighted by Crippen LogP contribution is -2.05. The third kappa shape index (κ3) is 3.11.